The number of aliphatic hydroxyl groups is 1. The highest BCUT2D eigenvalue weighted by atomic mass is 16.5. The normalized spacial score (nSPS) is 11.8. The van der Waals surface area contributed by atoms with Crippen LogP contribution in [0.5, 0.6) is 11.5 Å². The lowest BCUT2D eigenvalue weighted by Crippen LogP contribution is -2.28. The highest BCUT2D eigenvalue weighted by molar-refractivity contribution is 6.07. The Morgan fingerprint density at radius 1 is 1.00 bits per heavy atom. The average molecular weight is 351 g/mol. The van der Waals surface area contributed by atoms with Crippen molar-refractivity contribution < 1.29 is 19.4 Å². The number of carbonyl (C=O) groups excluding carboxylic acids is 1. The van der Waals surface area contributed by atoms with Crippen molar-refractivity contribution in [2.24, 2.45) is 0 Å². The van der Waals surface area contributed by atoms with E-state index < -0.39 is 6.10 Å². The summed E-state index contributed by atoms with van der Waals surface area (Å²) in [6.07, 6.45) is -0.853. The average Bonchev–Trinajstić information content (AvgIpc) is 2.70. The van der Waals surface area contributed by atoms with Gasteiger partial charge in [0.1, 0.15) is 0 Å². The van der Waals surface area contributed by atoms with E-state index in [4.69, 9.17) is 9.47 Å². The Morgan fingerprint density at radius 3 is 2.50 bits per heavy atom. The van der Waals surface area contributed by atoms with Crippen molar-refractivity contribution in [3.05, 3.63) is 71.8 Å². The largest absolute Gasteiger partial charge is 0.493 e. The third-order valence-electron chi connectivity index (χ3n) is 4.28. The fourth-order valence-corrected chi connectivity index (χ4v) is 2.89. The molecule has 3 rings (SSSR count). The van der Waals surface area contributed by atoms with E-state index in [9.17, 15) is 9.90 Å². The van der Waals surface area contributed by atoms with Crippen LogP contribution in [0.4, 0.5) is 0 Å². The number of carbonyl (C=O) groups is 1. The monoisotopic (exact) mass is 351 g/mol. The van der Waals surface area contributed by atoms with Gasteiger partial charge in [-0.3, -0.25) is 4.79 Å². The van der Waals surface area contributed by atoms with Crippen molar-refractivity contribution in [3.63, 3.8) is 0 Å². The SMILES string of the molecule is COc1ccc(C(O)CNC(=O)c2cccc3ccccc23)cc1OC. The number of ether oxygens (including phenoxy) is 2. The van der Waals surface area contributed by atoms with Gasteiger partial charge in [-0.25, -0.2) is 0 Å². The van der Waals surface area contributed by atoms with Crippen LogP contribution in [0.3, 0.4) is 0 Å². The number of rotatable bonds is 6. The summed E-state index contributed by atoms with van der Waals surface area (Å²) in [7, 11) is 3.09. The van der Waals surface area contributed by atoms with Crippen LogP contribution >= 0.6 is 0 Å². The molecule has 26 heavy (non-hydrogen) atoms. The maximum absolute atomic E-state index is 12.6. The van der Waals surface area contributed by atoms with Crippen LogP contribution in [0.2, 0.25) is 0 Å². The second-order valence-electron chi connectivity index (χ2n) is 5.87. The zero-order valence-corrected chi connectivity index (χ0v) is 14.7. The van der Waals surface area contributed by atoms with Crippen molar-refractivity contribution >= 4 is 16.7 Å². The summed E-state index contributed by atoms with van der Waals surface area (Å²) < 4.78 is 10.4. The van der Waals surface area contributed by atoms with E-state index in [-0.39, 0.29) is 12.5 Å². The standard InChI is InChI=1S/C21H21NO4/c1-25-19-11-10-15(12-20(19)26-2)18(23)13-22-21(24)17-9-5-7-14-6-3-4-8-16(14)17/h3-12,18,23H,13H2,1-2H3,(H,22,24). The van der Waals surface area contributed by atoms with Gasteiger partial charge in [-0.05, 0) is 34.5 Å². The fraction of sp³-hybridized carbons (Fsp3) is 0.190. The Bertz CT molecular complexity index is 918. The lowest BCUT2D eigenvalue weighted by Gasteiger charge is -2.15. The molecule has 0 fully saturated rings. The predicted molar refractivity (Wildman–Crippen MR) is 101 cm³/mol. The molecule has 0 aliphatic rings. The molecule has 5 heteroatoms. The highest BCUT2D eigenvalue weighted by Crippen LogP contribution is 2.29. The smallest absolute Gasteiger partial charge is 0.252 e. The van der Waals surface area contributed by atoms with Crippen molar-refractivity contribution in [1.82, 2.24) is 5.32 Å². The summed E-state index contributed by atoms with van der Waals surface area (Å²) in [6, 6.07) is 18.5. The molecule has 0 spiro atoms. The van der Waals surface area contributed by atoms with E-state index in [1.165, 1.54) is 7.11 Å². The summed E-state index contributed by atoms with van der Waals surface area (Å²) >= 11 is 0. The quantitative estimate of drug-likeness (QED) is 0.715. The number of aliphatic hydroxyl groups excluding tert-OH is 1. The molecule has 1 atom stereocenters. The predicted octanol–water partition coefficient (Wildman–Crippen LogP) is 3.32. The first-order valence-electron chi connectivity index (χ1n) is 8.30. The molecule has 0 heterocycles. The minimum Gasteiger partial charge on any atom is -0.493 e. The molecular weight excluding hydrogens is 330 g/mol. The molecule has 2 N–H and O–H groups in total. The Labute approximate surface area is 152 Å². The van der Waals surface area contributed by atoms with Crippen LogP contribution in [-0.2, 0) is 0 Å². The van der Waals surface area contributed by atoms with E-state index in [1.807, 2.05) is 36.4 Å². The Kier molecular flexibility index (Phi) is 5.39. The van der Waals surface area contributed by atoms with Gasteiger partial charge in [-0.2, -0.15) is 0 Å². The number of nitrogens with one attached hydrogen (secondary N) is 1. The molecule has 0 radical (unpaired) electrons. The van der Waals surface area contributed by atoms with E-state index >= 15 is 0 Å². The van der Waals surface area contributed by atoms with Crippen molar-refractivity contribution in [1.29, 1.82) is 0 Å². The molecular formula is C21H21NO4. The lowest BCUT2D eigenvalue weighted by molar-refractivity contribution is 0.0918. The summed E-state index contributed by atoms with van der Waals surface area (Å²) in [5.74, 6) is 0.897. The molecule has 0 aliphatic carbocycles. The van der Waals surface area contributed by atoms with Crippen LogP contribution in [0, 0.1) is 0 Å². The van der Waals surface area contributed by atoms with Gasteiger partial charge in [0.25, 0.3) is 5.91 Å². The van der Waals surface area contributed by atoms with Crippen LogP contribution < -0.4 is 14.8 Å². The zero-order chi connectivity index (χ0) is 18.5. The Morgan fingerprint density at radius 2 is 1.73 bits per heavy atom. The number of benzene rings is 3. The van der Waals surface area contributed by atoms with Gasteiger partial charge in [-0.15, -0.1) is 0 Å². The first-order valence-corrected chi connectivity index (χ1v) is 8.30. The Hall–Kier alpha value is -3.05. The number of methoxy groups -OCH3 is 2. The second-order valence-corrected chi connectivity index (χ2v) is 5.87. The van der Waals surface area contributed by atoms with Gasteiger partial charge in [0.05, 0.1) is 20.3 Å². The molecule has 1 amide bonds. The van der Waals surface area contributed by atoms with Crippen LogP contribution in [-0.4, -0.2) is 31.8 Å². The van der Waals surface area contributed by atoms with Gasteiger partial charge >= 0.3 is 0 Å². The van der Waals surface area contributed by atoms with Crippen molar-refractivity contribution in [2.45, 2.75) is 6.10 Å². The maximum atomic E-state index is 12.6. The van der Waals surface area contributed by atoms with Crippen molar-refractivity contribution in [3.8, 4) is 11.5 Å². The van der Waals surface area contributed by atoms with Gasteiger partial charge in [0, 0.05) is 12.1 Å². The van der Waals surface area contributed by atoms with Crippen molar-refractivity contribution in [2.75, 3.05) is 20.8 Å². The summed E-state index contributed by atoms with van der Waals surface area (Å²) in [5.41, 5.74) is 1.23. The van der Waals surface area contributed by atoms with Crippen LogP contribution in [0.15, 0.2) is 60.7 Å². The molecule has 0 aromatic heterocycles. The summed E-state index contributed by atoms with van der Waals surface area (Å²) in [6.45, 7) is 0.0948. The molecule has 3 aromatic carbocycles. The van der Waals surface area contributed by atoms with Crippen LogP contribution in [0.25, 0.3) is 10.8 Å². The number of amides is 1. The molecule has 0 saturated heterocycles. The third-order valence-corrected chi connectivity index (χ3v) is 4.28. The van der Waals surface area contributed by atoms with E-state index in [0.29, 0.717) is 22.6 Å². The molecule has 3 aromatic rings. The van der Waals surface area contributed by atoms with Gasteiger partial charge in [-0.1, -0.05) is 42.5 Å². The van der Waals surface area contributed by atoms with Gasteiger partial charge in [0.15, 0.2) is 11.5 Å². The number of hydrogen-bond acceptors (Lipinski definition) is 4. The molecule has 1 unspecified atom stereocenters. The molecule has 0 saturated carbocycles. The fourth-order valence-electron chi connectivity index (χ4n) is 2.89. The molecule has 5 nitrogen and oxygen atoms in total. The third kappa shape index (κ3) is 3.63. The zero-order valence-electron chi connectivity index (χ0n) is 14.7. The minimum atomic E-state index is -0.853. The lowest BCUT2D eigenvalue weighted by atomic mass is 10.0. The summed E-state index contributed by atoms with van der Waals surface area (Å²) in [4.78, 5) is 12.6. The summed E-state index contributed by atoms with van der Waals surface area (Å²) in [5, 5.41) is 15.1. The molecule has 0 aliphatic heterocycles. The first-order chi connectivity index (χ1) is 12.6. The first kappa shape index (κ1) is 17.8. The highest BCUT2D eigenvalue weighted by Gasteiger charge is 2.15. The van der Waals surface area contributed by atoms with E-state index in [2.05, 4.69) is 5.32 Å². The van der Waals surface area contributed by atoms with Gasteiger partial charge in [0.2, 0.25) is 0 Å². The molecule has 0 bridgehead atoms. The molecule has 134 valence electrons. The van der Waals surface area contributed by atoms with E-state index in [1.54, 1.807) is 31.4 Å². The van der Waals surface area contributed by atoms with Crippen LogP contribution in [0.1, 0.15) is 22.0 Å². The number of hydrogen-bond donors (Lipinski definition) is 2. The van der Waals surface area contributed by atoms with Gasteiger partial charge < -0.3 is 19.9 Å². The topological polar surface area (TPSA) is 67.8 Å². The Balaban J connectivity index is 1.73. The number of fused-ring (bicyclic) bond motifs is 1. The minimum absolute atomic E-state index is 0.0948. The maximum Gasteiger partial charge on any atom is 0.252 e. The van der Waals surface area contributed by atoms with E-state index in [0.717, 1.165) is 10.8 Å². The second kappa shape index (κ2) is 7.89.